The number of anilines is 2. The number of nitrogens with zero attached hydrogens (tertiary/aromatic N) is 2. The molecule has 0 aliphatic carbocycles. The molecular weight excluding hydrogens is 352 g/mol. The van der Waals surface area contributed by atoms with Crippen LogP contribution in [0.2, 0.25) is 0 Å². The van der Waals surface area contributed by atoms with Gasteiger partial charge in [0.25, 0.3) is 5.91 Å². The molecule has 2 aromatic carbocycles. The number of aromatic amines is 1. The lowest BCUT2D eigenvalue weighted by molar-refractivity contribution is 0.0977. The number of ether oxygens (including phenoxy) is 1. The van der Waals surface area contributed by atoms with Crippen LogP contribution in [0.15, 0.2) is 60.2 Å². The number of fused-ring (bicyclic) bond motifs is 1. The van der Waals surface area contributed by atoms with Crippen molar-refractivity contribution in [3.8, 4) is 5.75 Å². The molecule has 1 unspecified atom stereocenters. The highest BCUT2D eigenvalue weighted by atomic mass is 16.5. The summed E-state index contributed by atoms with van der Waals surface area (Å²) >= 11 is 0. The molecule has 6 nitrogen and oxygen atoms in total. The van der Waals surface area contributed by atoms with Crippen LogP contribution in [0.25, 0.3) is 6.08 Å². The number of H-pyrrole nitrogens is 1. The van der Waals surface area contributed by atoms with Crippen molar-refractivity contribution in [1.82, 2.24) is 10.2 Å². The van der Waals surface area contributed by atoms with Crippen LogP contribution >= 0.6 is 0 Å². The van der Waals surface area contributed by atoms with Crippen LogP contribution in [0.1, 0.15) is 28.5 Å². The highest BCUT2D eigenvalue weighted by Gasteiger charge is 2.38. The predicted molar refractivity (Wildman–Crippen MR) is 111 cm³/mol. The first-order chi connectivity index (χ1) is 13.6. The minimum Gasteiger partial charge on any atom is -0.495 e. The second-order valence-electron chi connectivity index (χ2n) is 6.77. The number of nitrogens with one attached hydrogen (secondary N) is 2. The van der Waals surface area contributed by atoms with E-state index in [-0.39, 0.29) is 12.1 Å². The van der Waals surface area contributed by atoms with Crippen LogP contribution in [0.5, 0.6) is 5.75 Å². The highest BCUT2D eigenvalue weighted by molar-refractivity contribution is 6.13. The van der Waals surface area contributed by atoms with Gasteiger partial charge >= 0.3 is 0 Å². The van der Waals surface area contributed by atoms with Gasteiger partial charge in [0.2, 0.25) is 0 Å². The van der Waals surface area contributed by atoms with E-state index in [0.717, 1.165) is 16.8 Å². The summed E-state index contributed by atoms with van der Waals surface area (Å²) in [5.41, 5.74) is 4.04. The normalized spacial score (nSPS) is 16.5. The van der Waals surface area contributed by atoms with E-state index in [4.69, 9.17) is 4.74 Å². The summed E-state index contributed by atoms with van der Waals surface area (Å²) in [5.74, 6) is 1.09. The van der Waals surface area contributed by atoms with Crippen molar-refractivity contribution in [1.29, 1.82) is 0 Å². The monoisotopic (exact) mass is 374 g/mol. The summed E-state index contributed by atoms with van der Waals surface area (Å²) < 4.78 is 5.53. The smallest absolute Gasteiger partial charge is 0.266 e. The Bertz CT molecular complexity index is 1040. The van der Waals surface area contributed by atoms with Crippen molar-refractivity contribution in [3.63, 3.8) is 0 Å². The van der Waals surface area contributed by atoms with Gasteiger partial charge in [-0.2, -0.15) is 5.10 Å². The molecule has 2 N–H and O–H groups in total. The zero-order valence-electron chi connectivity index (χ0n) is 16.1. The average Bonchev–Trinajstić information content (AvgIpc) is 3.09. The van der Waals surface area contributed by atoms with E-state index in [1.807, 2.05) is 68.4 Å². The van der Waals surface area contributed by atoms with Crippen LogP contribution in [0.3, 0.4) is 0 Å². The molecule has 0 saturated carbocycles. The third-order valence-corrected chi connectivity index (χ3v) is 4.88. The topological polar surface area (TPSA) is 70.2 Å². The third kappa shape index (κ3) is 3.03. The largest absolute Gasteiger partial charge is 0.495 e. The van der Waals surface area contributed by atoms with Crippen molar-refractivity contribution in [2.75, 3.05) is 17.3 Å². The molecule has 6 heteroatoms. The van der Waals surface area contributed by atoms with Gasteiger partial charge < -0.3 is 10.1 Å². The molecule has 1 amide bonds. The molecule has 1 atom stereocenters. The maximum absolute atomic E-state index is 13.5. The van der Waals surface area contributed by atoms with Gasteiger partial charge in [0.05, 0.1) is 12.8 Å². The van der Waals surface area contributed by atoms with E-state index >= 15 is 0 Å². The number of aryl methyl sites for hydroxylation is 1. The van der Waals surface area contributed by atoms with Gasteiger partial charge in [0.1, 0.15) is 17.5 Å². The number of hydrogen-bond donors (Lipinski definition) is 2. The van der Waals surface area contributed by atoms with Crippen LogP contribution < -0.4 is 15.0 Å². The molecule has 1 aliphatic rings. The fourth-order valence-corrected chi connectivity index (χ4v) is 3.51. The molecule has 4 rings (SSSR count). The average molecular weight is 374 g/mol. The van der Waals surface area contributed by atoms with Crippen molar-refractivity contribution >= 4 is 23.5 Å². The summed E-state index contributed by atoms with van der Waals surface area (Å²) in [6, 6.07) is 17.6. The number of amides is 1. The number of carbonyl (C=O) groups is 1. The van der Waals surface area contributed by atoms with E-state index in [1.165, 1.54) is 0 Å². The molecule has 0 fully saturated rings. The molecule has 0 bridgehead atoms. The fourth-order valence-electron chi connectivity index (χ4n) is 3.51. The van der Waals surface area contributed by atoms with Crippen LogP contribution in [-0.4, -0.2) is 29.4 Å². The molecule has 0 radical (unpaired) electrons. The van der Waals surface area contributed by atoms with Gasteiger partial charge in [-0.1, -0.05) is 48.5 Å². The zero-order valence-corrected chi connectivity index (χ0v) is 16.1. The third-order valence-electron chi connectivity index (χ3n) is 4.88. The molecule has 1 aromatic heterocycles. The summed E-state index contributed by atoms with van der Waals surface area (Å²) in [5, 5.41) is 10.6. The molecule has 2 heterocycles. The van der Waals surface area contributed by atoms with Crippen molar-refractivity contribution in [2.24, 2.45) is 0 Å². The second-order valence-corrected chi connectivity index (χ2v) is 6.77. The first-order valence-corrected chi connectivity index (χ1v) is 9.11. The van der Waals surface area contributed by atoms with E-state index in [2.05, 4.69) is 21.6 Å². The molecule has 0 saturated heterocycles. The Kier molecular flexibility index (Phi) is 4.61. The Labute approximate surface area is 163 Å². The first-order valence-electron chi connectivity index (χ1n) is 9.11. The quantitative estimate of drug-likeness (QED) is 0.717. The van der Waals surface area contributed by atoms with E-state index < -0.39 is 0 Å². The second kappa shape index (κ2) is 7.23. The predicted octanol–water partition coefficient (Wildman–Crippen LogP) is 4.23. The number of para-hydroxylation sites is 2. The molecular formula is C22H22N4O2. The number of aromatic nitrogens is 2. The lowest BCUT2D eigenvalue weighted by atomic mass is 10.0. The number of benzene rings is 2. The SMILES string of the molecule is COc1ccccc1N1C(=O)c2c(n[nH]c2C)NC1C(C)=Cc1ccccc1. The van der Waals surface area contributed by atoms with Gasteiger partial charge in [-0.15, -0.1) is 0 Å². The Hall–Kier alpha value is -3.54. The highest BCUT2D eigenvalue weighted by Crippen LogP contribution is 2.37. The first kappa shape index (κ1) is 17.9. The number of hydrogen-bond acceptors (Lipinski definition) is 4. The Morgan fingerprint density at radius 1 is 1.14 bits per heavy atom. The minimum atomic E-state index is -0.390. The molecule has 142 valence electrons. The standard InChI is InChI=1S/C22H22N4O2/c1-14(13-16-9-5-4-6-10-16)21-23-20-19(15(2)24-25-20)22(27)26(21)17-11-7-8-12-18(17)28-3/h4-13,21H,1-3H3,(H2,23,24,25). The fraction of sp³-hybridized carbons (Fsp3) is 0.182. The van der Waals surface area contributed by atoms with Gasteiger partial charge in [0, 0.05) is 5.69 Å². The van der Waals surface area contributed by atoms with Gasteiger partial charge in [0.15, 0.2) is 5.82 Å². The maximum atomic E-state index is 13.5. The van der Waals surface area contributed by atoms with E-state index in [1.54, 1.807) is 12.0 Å². The van der Waals surface area contributed by atoms with Crippen molar-refractivity contribution in [2.45, 2.75) is 20.0 Å². The van der Waals surface area contributed by atoms with E-state index in [0.29, 0.717) is 22.8 Å². The van der Waals surface area contributed by atoms with E-state index in [9.17, 15) is 4.79 Å². The molecule has 28 heavy (non-hydrogen) atoms. The summed E-state index contributed by atoms with van der Waals surface area (Å²) in [7, 11) is 1.61. The van der Waals surface area contributed by atoms with Crippen LogP contribution in [0, 0.1) is 6.92 Å². The van der Waals surface area contributed by atoms with Gasteiger partial charge in [-0.25, -0.2) is 0 Å². The summed E-state index contributed by atoms with van der Waals surface area (Å²) in [4.78, 5) is 15.2. The Morgan fingerprint density at radius 3 is 2.61 bits per heavy atom. The number of carbonyl (C=O) groups excluding carboxylic acids is 1. The maximum Gasteiger partial charge on any atom is 0.266 e. The van der Waals surface area contributed by atoms with Crippen LogP contribution in [-0.2, 0) is 0 Å². The van der Waals surface area contributed by atoms with Crippen LogP contribution in [0.4, 0.5) is 11.5 Å². The van der Waals surface area contributed by atoms with Crippen molar-refractivity contribution < 1.29 is 9.53 Å². The molecule has 3 aromatic rings. The summed E-state index contributed by atoms with van der Waals surface area (Å²) in [6.07, 6.45) is 1.68. The lowest BCUT2D eigenvalue weighted by Gasteiger charge is -2.37. The number of methoxy groups -OCH3 is 1. The van der Waals surface area contributed by atoms with Gasteiger partial charge in [-0.3, -0.25) is 14.8 Å². The van der Waals surface area contributed by atoms with Gasteiger partial charge in [-0.05, 0) is 37.1 Å². The molecule has 0 spiro atoms. The Morgan fingerprint density at radius 2 is 1.86 bits per heavy atom. The lowest BCUT2D eigenvalue weighted by Crippen LogP contribution is -2.50. The molecule has 1 aliphatic heterocycles. The van der Waals surface area contributed by atoms with Crippen molar-refractivity contribution in [3.05, 3.63) is 77.0 Å². The zero-order chi connectivity index (χ0) is 19.7. The Balaban J connectivity index is 1.84. The minimum absolute atomic E-state index is 0.115. The summed E-state index contributed by atoms with van der Waals surface area (Å²) in [6.45, 7) is 3.85. The number of rotatable bonds is 4.